The molecule has 5 nitrogen and oxygen atoms in total. The maximum atomic E-state index is 12.4. The molecule has 1 saturated carbocycles. The Hall–Kier alpha value is -1.95. The number of nitrogens with zero attached hydrogens (tertiary/aromatic N) is 2. The van der Waals surface area contributed by atoms with Crippen LogP contribution in [0.15, 0.2) is 24.3 Å². The van der Waals surface area contributed by atoms with E-state index < -0.39 is 5.41 Å². The van der Waals surface area contributed by atoms with Crippen molar-refractivity contribution in [3.05, 3.63) is 34.8 Å². The van der Waals surface area contributed by atoms with E-state index >= 15 is 0 Å². The molecule has 1 aliphatic carbocycles. The number of nitrogen functional groups attached to an aromatic ring is 1. The molecule has 0 radical (unpaired) electrons. The van der Waals surface area contributed by atoms with Crippen LogP contribution >= 0.6 is 11.3 Å². The molecule has 1 fully saturated rings. The largest absolute Gasteiger partial charge is 0.399 e. The Bertz CT molecular complexity index is 616. The molecule has 19 heavy (non-hydrogen) atoms. The first-order valence-electron chi connectivity index (χ1n) is 6.08. The number of benzene rings is 1. The lowest BCUT2D eigenvalue weighted by atomic mass is 9.95. The fraction of sp³-hybridized carbons (Fsp3) is 0.308. The van der Waals surface area contributed by atoms with Crippen LogP contribution in [0.3, 0.4) is 0 Å². The number of hydrogen-bond acceptors (Lipinski definition) is 5. The van der Waals surface area contributed by atoms with Crippen molar-refractivity contribution in [1.82, 2.24) is 10.2 Å². The molecule has 0 spiro atoms. The van der Waals surface area contributed by atoms with Gasteiger partial charge in [-0.05, 0) is 37.5 Å². The van der Waals surface area contributed by atoms with Crippen LogP contribution in [0.1, 0.15) is 23.4 Å². The highest BCUT2D eigenvalue weighted by Crippen LogP contribution is 2.49. The van der Waals surface area contributed by atoms with Crippen LogP contribution in [-0.4, -0.2) is 16.1 Å². The first kappa shape index (κ1) is 12.1. The SMILES string of the molecule is Cc1nnc(NC(=O)C2(c3ccc(N)cc3)CC2)s1. The normalized spacial score (nSPS) is 16.1. The van der Waals surface area contributed by atoms with Crippen LogP contribution in [0.25, 0.3) is 0 Å². The third-order valence-electron chi connectivity index (χ3n) is 3.39. The molecule has 1 aliphatic rings. The smallest absolute Gasteiger partial charge is 0.236 e. The Morgan fingerprint density at radius 2 is 2.00 bits per heavy atom. The maximum Gasteiger partial charge on any atom is 0.236 e. The van der Waals surface area contributed by atoms with E-state index in [-0.39, 0.29) is 5.91 Å². The van der Waals surface area contributed by atoms with Crippen molar-refractivity contribution in [2.75, 3.05) is 11.1 Å². The number of carbonyl (C=O) groups excluding carboxylic acids is 1. The van der Waals surface area contributed by atoms with Gasteiger partial charge in [-0.1, -0.05) is 23.5 Å². The molecule has 1 aromatic heterocycles. The predicted octanol–water partition coefficient (Wildman–Crippen LogP) is 2.10. The van der Waals surface area contributed by atoms with Crippen LogP contribution < -0.4 is 11.1 Å². The predicted molar refractivity (Wildman–Crippen MR) is 75.0 cm³/mol. The molecule has 3 rings (SSSR count). The molecule has 0 atom stereocenters. The average Bonchev–Trinajstić information content (AvgIpc) is 3.10. The molecule has 1 aromatic carbocycles. The Labute approximate surface area is 114 Å². The van der Waals surface area contributed by atoms with Crippen LogP contribution in [0.4, 0.5) is 10.8 Å². The minimum atomic E-state index is -0.409. The summed E-state index contributed by atoms with van der Waals surface area (Å²) in [7, 11) is 0. The maximum absolute atomic E-state index is 12.4. The fourth-order valence-electron chi connectivity index (χ4n) is 2.14. The van der Waals surface area contributed by atoms with Crippen LogP contribution in [0.5, 0.6) is 0 Å². The molecule has 3 N–H and O–H groups in total. The molecular formula is C13H14N4OS. The number of aromatic nitrogens is 2. The minimum absolute atomic E-state index is 0.00609. The lowest BCUT2D eigenvalue weighted by Crippen LogP contribution is -2.27. The number of nitrogens with two attached hydrogens (primary N) is 1. The zero-order chi connectivity index (χ0) is 13.5. The number of hydrogen-bond donors (Lipinski definition) is 2. The fourth-order valence-corrected chi connectivity index (χ4v) is 2.72. The second-order valence-corrected chi connectivity index (χ2v) is 5.97. The van der Waals surface area contributed by atoms with Gasteiger partial charge in [0.05, 0.1) is 5.41 Å². The van der Waals surface area contributed by atoms with Crippen molar-refractivity contribution < 1.29 is 4.79 Å². The molecular weight excluding hydrogens is 260 g/mol. The average molecular weight is 274 g/mol. The zero-order valence-electron chi connectivity index (χ0n) is 10.5. The van der Waals surface area contributed by atoms with E-state index in [9.17, 15) is 4.79 Å². The van der Waals surface area contributed by atoms with Gasteiger partial charge in [0.2, 0.25) is 11.0 Å². The molecule has 2 aromatic rings. The summed E-state index contributed by atoms with van der Waals surface area (Å²) in [6.45, 7) is 1.86. The Morgan fingerprint density at radius 3 is 2.53 bits per heavy atom. The van der Waals surface area contributed by atoms with Crippen molar-refractivity contribution in [3.8, 4) is 0 Å². The summed E-state index contributed by atoms with van der Waals surface area (Å²) >= 11 is 1.38. The van der Waals surface area contributed by atoms with Gasteiger partial charge in [0, 0.05) is 5.69 Å². The summed E-state index contributed by atoms with van der Waals surface area (Å²) in [5, 5.41) is 12.1. The topological polar surface area (TPSA) is 80.9 Å². The molecule has 98 valence electrons. The van der Waals surface area contributed by atoms with Gasteiger partial charge >= 0.3 is 0 Å². The van der Waals surface area contributed by atoms with Crippen LogP contribution in [0, 0.1) is 6.92 Å². The lowest BCUT2D eigenvalue weighted by molar-refractivity contribution is -0.118. The van der Waals surface area contributed by atoms with E-state index in [0.29, 0.717) is 10.8 Å². The molecule has 1 amide bonds. The standard InChI is InChI=1S/C13H14N4OS/c1-8-16-17-12(19-8)15-11(18)13(6-7-13)9-2-4-10(14)5-3-9/h2-5H,6-7,14H2,1H3,(H,15,17,18). The monoisotopic (exact) mass is 274 g/mol. The summed E-state index contributed by atoms with van der Waals surface area (Å²) in [4.78, 5) is 12.4. The highest BCUT2D eigenvalue weighted by molar-refractivity contribution is 7.15. The van der Waals surface area contributed by atoms with Gasteiger partial charge in [0.15, 0.2) is 0 Å². The Kier molecular flexibility index (Phi) is 2.74. The Morgan fingerprint density at radius 1 is 1.32 bits per heavy atom. The van der Waals surface area contributed by atoms with Gasteiger partial charge < -0.3 is 5.73 Å². The van der Waals surface area contributed by atoms with Crippen molar-refractivity contribution in [2.45, 2.75) is 25.2 Å². The summed E-state index contributed by atoms with van der Waals surface area (Å²) in [6, 6.07) is 7.51. The summed E-state index contributed by atoms with van der Waals surface area (Å²) in [5.41, 5.74) is 6.99. The minimum Gasteiger partial charge on any atom is -0.399 e. The quantitative estimate of drug-likeness (QED) is 0.840. The van der Waals surface area contributed by atoms with E-state index in [1.54, 1.807) is 0 Å². The lowest BCUT2D eigenvalue weighted by Gasteiger charge is -2.14. The van der Waals surface area contributed by atoms with E-state index in [1.807, 2.05) is 31.2 Å². The van der Waals surface area contributed by atoms with Gasteiger partial charge in [-0.2, -0.15) is 0 Å². The molecule has 6 heteroatoms. The van der Waals surface area contributed by atoms with Gasteiger partial charge in [-0.3, -0.25) is 10.1 Å². The molecule has 0 saturated heterocycles. The second kappa shape index (κ2) is 4.31. The first-order valence-corrected chi connectivity index (χ1v) is 6.89. The highest BCUT2D eigenvalue weighted by atomic mass is 32.1. The van der Waals surface area contributed by atoms with E-state index in [4.69, 9.17) is 5.73 Å². The first-order chi connectivity index (χ1) is 9.10. The molecule has 0 aliphatic heterocycles. The van der Waals surface area contributed by atoms with Crippen molar-refractivity contribution in [2.24, 2.45) is 0 Å². The molecule has 1 heterocycles. The van der Waals surface area contributed by atoms with Gasteiger partial charge in [0.1, 0.15) is 5.01 Å². The number of carbonyl (C=O) groups is 1. The van der Waals surface area contributed by atoms with Gasteiger partial charge in [-0.15, -0.1) is 10.2 Å². The summed E-state index contributed by atoms with van der Waals surface area (Å²) in [5.74, 6) is -0.00609. The van der Waals surface area contributed by atoms with Gasteiger partial charge in [0.25, 0.3) is 0 Å². The second-order valence-electron chi connectivity index (χ2n) is 4.78. The van der Waals surface area contributed by atoms with E-state index in [1.165, 1.54) is 11.3 Å². The van der Waals surface area contributed by atoms with Crippen LogP contribution in [-0.2, 0) is 10.2 Å². The number of rotatable bonds is 3. The third kappa shape index (κ3) is 2.19. The number of amides is 1. The van der Waals surface area contributed by atoms with E-state index in [2.05, 4.69) is 15.5 Å². The summed E-state index contributed by atoms with van der Waals surface area (Å²) < 4.78 is 0. The van der Waals surface area contributed by atoms with Gasteiger partial charge in [-0.25, -0.2) is 0 Å². The van der Waals surface area contributed by atoms with E-state index in [0.717, 1.165) is 23.4 Å². The van der Waals surface area contributed by atoms with Crippen LogP contribution in [0.2, 0.25) is 0 Å². The number of aryl methyl sites for hydroxylation is 1. The number of nitrogens with one attached hydrogen (secondary N) is 1. The number of anilines is 2. The third-order valence-corrected chi connectivity index (χ3v) is 4.15. The molecule has 0 bridgehead atoms. The van der Waals surface area contributed by atoms with Crippen molar-refractivity contribution in [1.29, 1.82) is 0 Å². The Balaban J connectivity index is 1.81. The highest BCUT2D eigenvalue weighted by Gasteiger charge is 2.51. The zero-order valence-corrected chi connectivity index (χ0v) is 11.3. The van der Waals surface area contributed by atoms with Crippen molar-refractivity contribution in [3.63, 3.8) is 0 Å². The molecule has 0 unspecified atom stereocenters. The van der Waals surface area contributed by atoms with Crippen molar-refractivity contribution >= 4 is 28.1 Å². The summed E-state index contributed by atoms with van der Waals surface area (Å²) in [6.07, 6.45) is 1.72.